The van der Waals surface area contributed by atoms with E-state index in [9.17, 15) is 0 Å². The third-order valence-electron chi connectivity index (χ3n) is 6.52. The highest BCUT2D eigenvalue weighted by Gasteiger charge is 2.16. The molecule has 1 aromatic carbocycles. The lowest BCUT2D eigenvalue weighted by Crippen LogP contribution is -2.15. The van der Waals surface area contributed by atoms with E-state index < -0.39 is 0 Å². The molecule has 0 spiro atoms. The van der Waals surface area contributed by atoms with Gasteiger partial charge >= 0.3 is 0 Å². The normalized spacial score (nSPS) is 16.2. The molecule has 4 aromatic rings. The van der Waals surface area contributed by atoms with Crippen LogP contribution in [-0.4, -0.2) is 33.8 Å². The van der Waals surface area contributed by atoms with Crippen LogP contribution in [0.4, 0.5) is 0 Å². The Bertz CT molecular complexity index is 1160. The van der Waals surface area contributed by atoms with E-state index in [0.29, 0.717) is 5.92 Å². The van der Waals surface area contributed by atoms with Gasteiger partial charge in [0.2, 0.25) is 0 Å². The average molecular weight is 449 g/mol. The molecule has 0 aliphatic carbocycles. The number of imidazole rings is 1. The standard InChI is InChI=1S/C26H32N4OS/c1-3-21-17-30(26(28-21)24-15-25-23(29(24)2)11-14-32-25)13-4-5-19-6-8-22(9-7-19)31-18-20-10-12-27-16-20/h6-9,11,14-15,17,20,27H,3-5,10,12-13,16,18H2,1-2H3. The Morgan fingerprint density at radius 2 is 2.09 bits per heavy atom. The van der Waals surface area contributed by atoms with Crippen LogP contribution in [0.2, 0.25) is 0 Å². The zero-order valence-corrected chi connectivity index (χ0v) is 19.8. The molecule has 1 aliphatic heterocycles. The van der Waals surface area contributed by atoms with Crippen molar-refractivity contribution in [2.24, 2.45) is 13.0 Å². The summed E-state index contributed by atoms with van der Waals surface area (Å²) in [6.07, 6.45) is 6.53. The summed E-state index contributed by atoms with van der Waals surface area (Å²) in [5, 5.41) is 5.55. The third-order valence-corrected chi connectivity index (χ3v) is 7.37. The highest BCUT2D eigenvalue weighted by atomic mass is 32.1. The van der Waals surface area contributed by atoms with Crippen LogP contribution in [0.25, 0.3) is 21.7 Å². The van der Waals surface area contributed by atoms with Crippen LogP contribution in [0.1, 0.15) is 31.0 Å². The summed E-state index contributed by atoms with van der Waals surface area (Å²) >= 11 is 1.79. The van der Waals surface area contributed by atoms with Gasteiger partial charge in [0, 0.05) is 32.3 Å². The molecule has 3 aromatic heterocycles. The van der Waals surface area contributed by atoms with Gasteiger partial charge in [0.05, 0.1) is 28.2 Å². The number of hydrogen-bond donors (Lipinski definition) is 1. The molecular formula is C26H32N4OS. The number of aryl methyl sites for hydroxylation is 4. The monoisotopic (exact) mass is 448 g/mol. The molecule has 1 fully saturated rings. The summed E-state index contributed by atoms with van der Waals surface area (Å²) in [7, 11) is 2.14. The maximum atomic E-state index is 5.97. The van der Waals surface area contributed by atoms with E-state index in [2.05, 4.69) is 76.4 Å². The summed E-state index contributed by atoms with van der Waals surface area (Å²) < 4.78 is 11.9. The number of hydrogen-bond acceptors (Lipinski definition) is 4. The van der Waals surface area contributed by atoms with Gasteiger partial charge in [-0.1, -0.05) is 19.1 Å². The summed E-state index contributed by atoms with van der Waals surface area (Å²) in [5.74, 6) is 2.71. The van der Waals surface area contributed by atoms with E-state index in [-0.39, 0.29) is 0 Å². The van der Waals surface area contributed by atoms with Crippen molar-refractivity contribution in [3.05, 3.63) is 59.2 Å². The van der Waals surface area contributed by atoms with Gasteiger partial charge in [0.15, 0.2) is 5.82 Å². The molecule has 168 valence electrons. The molecule has 5 rings (SSSR count). The minimum atomic E-state index is 0.645. The topological polar surface area (TPSA) is 44.0 Å². The quantitative estimate of drug-likeness (QED) is 0.379. The van der Waals surface area contributed by atoms with E-state index >= 15 is 0 Å². The number of nitrogens with zero attached hydrogens (tertiary/aromatic N) is 3. The van der Waals surface area contributed by atoms with Gasteiger partial charge in [-0.05, 0) is 67.4 Å². The molecule has 4 heterocycles. The van der Waals surface area contributed by atoms with Crippen molar-refractivity contribution in [1.29, 1.82) is 0 Å². The lowest BCUT2D eigenvalue weighted by molar-refractivity contribution is 0.260. The second-order valence-electron chi connectivity index (χ2n) is 8.78. The van der Waals surface area contributed by atoms with Crippen LogP contribution in [-0.2, 0) is 26.4 Å². The molecule has 5 nitrogen and oxygen atoms in total. The zero-order valence-electron chi connectivity index (χ0n) is 19.0. The van der Waals surface area contributed by atoms with Gasteiger partial charge in [-0.2, -0.15) is 0 Å². The van der Waals surface area contributed by atoms with Crippen LogP contribution in [0.15, 0.2) is 48.0 Å². The van der Waals surface area contributed by atoms with Gasteiger partial charge in [-0.25, -0.2) is 4.98 Å². The Balaban J connectivity index is 1.22. The highest BCUT2D eigenvalue weighted by Crippen LogP contribution is 2.30. The third kappa shape index (κ3) is 4.48. The second-order valence-corrected chi connectivity index (χ2v) is 9.73. The van der Waals surface area contributed by atoms with Crippen molar-refractivity contribution in [3.63, 3.8) is 0 Å². The predicted molar refractivity (Wildman–Crippen MR) is 133 cm³/mol. The number of fused-ring (bicyclic) bond motifs is 1. The maximum absolute atomic E-state index is 5.97. The number of ether oxygens (including phenoxy) is 1. The van der Waals surface area contributed by atoms with Crippen LogP contribution in [0.3, 0.4) is 0 Å². The van der Waals surface area contributed by atoms with Gasteiger partial charge in [0.25, 0.3) is 0 Å². The first kappa shape index (κ1) is 21.3. The molecule has 0 saturated carbocycles. The molecule has 0 amide bonds. The van der Waals surface area contributed by atoms with Gasteiger partial charge < -0.3 is 19.2 Å². The van der Waals surface area contributed by atoms with Crippen molar-refractivity contribution >= 4 is 21.6 Å². The Morgan fingerprint density at radius 3 is 2.84 bits per heavy atom. The summed E-state index contributed by atoms with van der Waals surface area (Å²) in [6, 6.07) is 13.1. The van der Waals surface area contributed by atoms with Crippen LogP contribution < -0.4 is 10.1 Å². The zero-order chi connectivity index (χ0) is 21.9. The van der Waals surface area contributed by atoms with Crippen molar-refractivity contribution in [3.8, 4) is 17.3 Å². The molecule has 6 heteroatoms. The van der Waals surface area contributed by atoms with Crippen LogP contribution in [0.5, 0.6) is 5.75 Å². The van der Waals surface area contributed by atoms with Crippen molar-refractivity contribution < 1.29 is 4.74 Å². The fourth-order valence-electron chi connectivity index (χ4n) is 4.56. The molecule has 0 radical (unpaired) electrons. The SMILES string of the molecule is CCc1cn(CCCc2ccc(OCC3CCNC3)cc2)c(-c2cc3sccc3n2C)n1. The fraction of sp³-hybridized carbons (Fsp3) is 0.423. The molecule has 1 atom stereocenters. The Labute approximate surface area is 194 Å². The number of nitrogens with one attached hydrogen (secondary N) is 1. The Kier molecular flexibility index (Phi) is 6.32. The van der Waals surface area contributed by atoms with Crippen molar-refractivity contribution in [1.82, 2.24) is 19.4 Å². The Morgan fingerprint density at radius 1 is 1.22 bits per heavy atom. The van der Waals surface area contributed by atoms with Gasteiger partial charge in [0.1, 0.15) is 5.75 Å². The van der Waals surface area contributed by atoms with Crippen molar-refractivity contribution in [2.45, 2.75) is 39.2 Å². The molecule has 1 unspecified atom stereocenters. The van der Waals surface area contributed by atoms with Crippen molar-refractivity contribution in [2.75, 3.05) is 19.7 Å². The van der Waals surface area contributed by atoms with Crippen LogP contribution in [0, 0.1) is 5.92 Å². The largest absolute Gasteiger partial charge is 0.493 e. The van der Waals surface area contributed by atoms with E-state index in [1.54, 1.807) is 11.3 Å². The van der Waals surface area contributed by atoms with Crippen LogP contribution >= 0.6 is 11.3 Å². The number of rotatable bonds is 9. The van der Waals surface area contributed by atoms with E-state index in [4.69, 9.17) is 9.72 Å². The minimum Gasteiger partial charge on any atom is -0.493 e. The first-order chi connectivity index (χ1) is 15.7. The molecule has 1 saturated heterocycles. The molecule has 0 bridgehead atoms. The summed E-state index contributed by atoms with van der Waals surface area (Å²) in [5.41, 5.74) is 5.00. The fourth-order valence-corrected chi connectivity index (χ4v) is 5.41. The summed E-state index contributed by atoms with van der Waals surface area (Å²) in [6.45, 7) is 6.15. The van der Waals surface area contributed by atoms with E-state index in [0.717, 1.165) is 62.8 Å². The van der Waals surface area contributed by atoms with Gasteiger partial charge in [-0.3, -0.25) is 0 Å². The Hall–Kier alpha value is -2.57. The number of thiophene rings is 1. The van der Waals surface area contributed by atoms with Gasteiger partial charge in [-0.15, -0.1) is 11.3 Å². The summed E-state index contributed by atoms with van der Waals surface area (Å²) in [4.78, 5) is 4.95. The number of benzene rings is 1. The molecule has 32 heavy (non-hydrogen) atoms. The maximum Gasteiger partial charge on any atom is 0.156 e. The lowest BCUT2D eigenvalue weighted by atomic mass is 10.1. The smallest absolute Gasteiger partial charge is 0.156 e. The lowest BCUT2D eigenvalue weighted by Gasteiger charge is -2.12. The average Bonchev–Trinajstić information content (AvgIpc) is 3.60. The predicted octanol–water partition coefficient (Wildman–Crippen LogP) is 5.29. The molecule has 1 aliphatic rings. The molecule has 1 N–H and O–H groups in total. The molecular weight excluding hydrogens is 416 g/mol. The number of aromatic nitrogens is 3. The highest BCUT2D eigenvalue weighted by molar-refractivity contribution is 7.17. The minimum absolute atomic E-state index is 0.645. The van der Waals surface area contributed by atoms with E-state index in [1.165, 1.54) is 27.9 Å². The van der Waals surface area contributed by atoms with E-state index in [1.807, 2.05) is 0 Å². The first-order valence-electron chi connectivity index (χ1n) is 11.7. The second kappa shape index (κ2) is 9.51. The first-order valence-corrected chi connectivity index (χ1v) is 12.6.